The molecule has 0 spiro atoms. The summed E-state index contributed by atoms with van der Waals surface area (Å²) in [6.45, 7) is 1.55. The van der Waals surface area contributed by atoms with E-state index in [9.17, 15) is 9.59 Å². The highest BCUT2D eigenvalue weighted by molar-refractivity contribution is 5.95. The zero-order valence-electron chi connectivity index (χ0n) is 15.4. The van der Waals surface area contributed by atoms with Gasteiger partial charge in [0.1, 0.15) is 11.5 Å². The van der Waals surface area contributed by atoms with E-state index in [2.05, 4.69) is 16.0 Å². The molecule has 26 heavy (non-hydrogen) atoms. The van der Waals surface area contributed by atoms with Crippen LogP contribution < -0.4 is 25.4 Å². The van der Waals surface area contributed by atoms with Crippen LogP contribution in [0.4, 0.5) is 5.69 Å². The van der Waals surface area contributed by atoms with Crippen molar-refractivity contribution in [3.05, 3.63) is 18.2 Å². The number of hydrogen-bond acceptors (Lipinski definition) is 5. The highest BCUT2D eigenvalue weighted by Crippen LogP contribution is 2.43. The monoisotopic (exact) mass is 361 g/mol. The third-order valence-corrected chi connectivity index (χ3v) is 5.54. The molecule has 2 fully saturated rings. The molecule has 7 nitrogen and oxygen atoms in total. The van der Waals surface area contributed by atoms with Gasteiger partial charge in [-0.2, -0.15) is 0 Å². The SMILES string of the molecule is COc1cc(NC(=O)CNC(=O)[C@@]23CCCC[C@H]2CNC3)cc(OC)c1. The lowest BCUT2D eigenvalue weighted by molar-refractivity contribution is -0.135. The number of rotatable bonds is 6. The summed E-state index contributed by atoms with van der Waals surface area (Å²) in [4.78, 5) is 25.1. The molecule has 1 aliphatic heterocycles. The molecule has 3 rings (SSSR count). The van der Waals surface area contributed by atoms with E-state index in [4.69, 9.17) is 9.47 Å². The predicted octanol–water partition coefficient (Wildman–Crippen LogP) is 1.54. The summed E-state index contributed by atoms with van der Waals surface area (Å²) < 4.78 is 10.4. The lowest BCUT2D eigenvalue weighted by atomic mass is 9.67. The number of carbonyl (C=O) groups excluding carboxylic acids is 2. The van der Waals surface area contributed by atoms with Gasteiger partial charge >= 0.3 is 0 Å². The average Bonchev–Trinajstić information content (AvgIpc) is 3.11. The highest BCUT2D eigenvalue weighted by Gasteiger charge is 2.49. The number of ether oxygens (including phenoxy) is 2. The predicted molar refractivity (Wildman–Crippen MR) is 98.4 cm³/mol. The average molecular weight is 361 g/mol. The number of amides is 2. The minimum atomic E-state index is -0.349. The Labute approximate surface area is 153 Å². The molecule has 1 aliphatic carbocycles. The molecule has 2 amide bonds. The van der Waals surface area contributed by atoms with Crippen LogP contribution in [0.5, 0.6) is 11.5 Å². The van der Waals surface area contributed by atoms with Crippen molar-refractivity contribution in [1.82, 2.24) is 10.6 Å². The molecule has 3 N–H and O–H groups in total. The summed E-state index contributed by atoms with van der Waals surface area (Å²) in [5.74, 6) is 1.27. The summed E-state index contributed by atoms with van der Waals surface area (Å²) in [6.07, 6.45) is 4.22. The highest BCUT2D eigenvalue weighted by atomic mass is 16.5. The number of methoxy groups -OCH3 is 2. The maximum atomic E-state index is 12.8. The lowest BCUT2D eigenvalue weighted by Crippen LogP contribution is -2.49. The molecule has 1 aromatic carbocycles. The molecular formula is C19H27N3O4. The molecule has 142 valence electrons. The molecule has 0 radical (unpaired) electrons. The Hall–Kier alpha value is -2.28. The summed E-state index contributed by atoms with van der Waals surface area (Å²) in [7, 11) is 3.10. The number of nitrogens with one attached hydrogen (secondary N) is 3. The van der Waals surface area contributed by atoms with Crippen molar-refractivity contribution in [2.75, 3.05) is 39.2 Å². The Bertz CT molecular complexity index is 656. The Kier molecular flexibility index (Phi) is 5.66. The van der Waals surface area contributed by atoms with E-state index in [1.165, 1.54) is 6.42 Å². The first-order chi connectivity index (χ1) is 12.6. The Morgan fingerprint density at radius 3 is 2.62 bits per heavy atom. The van der Waals surface area contributed by atoms with Gasteiger partial charge in [0.15, 0.2) is 0 Å². The second kappa shape index (κ2) is 7.95. The van der Waals surface area contributed by atoms with Gasteiger partial charge in [-0.05, 0) is 25.3 Å². The van der Waals surface area contributed by atoms with E-state index in [1.807, 2.05) is 0 Å². The van der Waals surface area contributed by atoms with Crippen LogP contribution in [-0.4, -0.2) is 45.7 Å². The minimum absolute atomic E-state index is 0.00873. The molecule has 1 saturated carbocycles. The number of anilines is 1. The van der Waals surface area contributed by atoms with Gasteiger partial charge in [-0.1, -0.05) is 12.8 Å². The number of hydrogen-bond donors (Lipinski definition) is 3. The van der Waals surface area contributed by atoms with Crippen LogP contribution in [0.1, 0.15) is 25.7 Å². The van der Waals surface area contributed by atoms with E-state index in [1.54, 1.807) is 32.4 Å². The lowest BCUT2D eigenvalue weighted by Gasteiger charge is -2.37. The maximum absolute atomic E-state index is 12.8. The van der Waals surface area contributed by atoms with Gasteiger partial charge in [-0.3, -0.25) is 9.59 Å². The van der Waals surface area contributed by atoms with Crippen molar-refractivity contribution < 1.29 is 19.1 Å². The van der Waals surface area contributed by atoms with Crippen LogP contribution in [0.15, 0.2) is 18.2 Å². The van der Waals surface area contributed by atoms with Gasteiger partial charge in [0.05, 0.1) is 26.2 Å². The van der Waals surface area contributed by atoms with Gasteiger partial charge in [0.25, 0.3) is 0 Å². The molecule has 0 bridgehead atoms. The first-order valence-electron chi connectivity index (χ1n) is 9.09. The zero-order valence-corrected chi connectivity index (χ0v) is 15.4. The molecule has 0 unspecified atom stereocenters. The quantitative estimate of drug-likeness (QED) is 0.715. The van der Waals surface area contributed by atoms with Gasteiger partial charge < -0.3 is 25.4 Å². The third kappa shape index (κ3) is 3.77. The van der Waals surface area contributed by atoms with Crippen molar-refractivity contribution in [3.8, 4) is 11.5 Å². The molecule has 0 aromatic heterocycles. The van der Waals surface area contributed by atoms with Crippen LogP contribution in [0.25, 0.3) is 0 Å². The van der Waals surface area contributed by atoms with Gasteiger partial charge in [-0.15, -0.1) is 0 Å². The third-order valence-electron chi connectivity index (χ3n) is 5.54. The molecule has 1 saturated heterocycles. The largest absolute Gasteiger partial charge is 0.497 e. The molecule has 1 heterocycles. The van der Waals surface area contributed by atoms with Crippen LogP contribution in [0.3, 0.4) is 0 Å². The maximum Gasteiger partial charge on any atom is 0.243 e. The Morgan fingerprint density at radius 2 is 1.92 bits per heavy atom. The summed E-state index contributed by atoms with van der Waals surface area (Å²) in [5, 5.41) is 8.97. The molecule has 2 atom stereocenters. The van der Waals surface area contributed by atoms with E-state index in [0.717, 1.165) is 25.8 Å². The van der Waals surface area contributed by atoms with Crippen molar-refractivity contribution >= 4 is 17.5 Å². The van der Waals surface area contributed by atoms with Crippen LogP contribution in [0.2, 0.25) is 0 Å². The molecule has 7 heteroatoms. The molecule has 1 aromatic rings. The van der Waals surface area contributed by atoms with Gasteiger partial charge in [-0.25, -0.2) is 0 Å². The van der Waals surface area contributed by atoms with Crippen molar-refractivity contribution in [1.29, 1.82) is 0 Å². The normalized spacial score (nSPS) is 24.5. The number of carbonyl (C=O) groups is 2. The zero-order chi connectivity index (χ0) is 18.6. The second-order valence-electron chi connectivity index (χ2n) is 7.06. The minimum Gasteiger partial charge on any atom is -0.497 e. The van der Waals surface area contributed by atoms with Crippen molar-refractivity contribution in [2.45, 2.75) is 25.7 Å². The standard InChI is InChI=1S/C19H27N3O4/c1-25-15-7-14(8-16(9-15)26-2)22-17(23)11-21-18(24)19-6-4-3-5-13(19)10-20-12-19/h7-9,13,20H,3-6,10-12H2,1-2H3,(H,21,24)(H,22,23)/t13-,19+/m0/s1. The summed E-state index contributed by atoms with van der Waals surface area (Å²) in [6, 6.07) is 5.14. The fourth-order valence-electron chi connectivity index (χ4n) is 4.11. The van der Waals surface area contributed by atoms with E-state index < -0.39 is 0 Å². The topological polar surface area (TPSA) is 88.7 Å². The fourth-order valence-corrected chi connectivity index (χ4v) is 4.11. The smallest absolute Gasteiger partial charge is 0.243 e. The fraction of sp³-hybridized carbons (Fsp3) is 0.579. The van der Waals surface area contributed by atoms with Crippen LogP contribution in [0, 0.1) is 11.3 Å². The molecule has 2 aliphatic rings. The van der Waals surface area contributed by atoms with Crippen LogP contribution >= 0.6 is 0 Å². The number of benzene rings is 1. The van der Waals surface area contributed by atoms with E-state index >= 15 is 0 Å². The van der Waals surface area contributed by atoms with E-state index in [-0.39, 0.29) is 23.8 Å². The van der Waals surface area contributed by atoms with Crippen molar-refractivity contribution in [3.63, 3.8) is 0 Å². The first-order valence-corrected chi connectivity index (χ1v) is 9.09. The van der Waals surface area contributed by atoms with Gasteiger partial charge in [0.2, 0.25) is 11.8 Å². The van der Waals surface area contributed by atoms with E-state index in [0.29, 0.717) is 29.6 Å². The Morgan fingerprint density at radius 1 is 1.19 bits per heavy atom. The van der Waals surface area contributed by atoms with Crippen molar-refractivity contribution in [2.24, 2.45) is 11.3 Å². The van der Waals surface area contributed by atoms with Gasteiger partial charge in [0, 0.05) is 30.4 Å². The first kappa shape index (κ1) is 18.5. The Balaban J connectivity index is 1.58. The summed E-state index contributed by atoms with van der Waals surface area (Å²) >= 11 is 0. The second-order valence-corrected chi connectivity index (χ2v) is 7.06. The molecular weight excluding hydrogens is 334 g/mol. The number of fused-ring (bicyclic) bond motifs is 1. The summed E-state index contributed by atoms with van der Waals surface area (Å²) in [5.41, 5.74) is 0.217. The van der Waals surface area contributed by atoms with Crippen LogP contribution in [-0.2, 0) is 9.59 Å².